The summed E-state index contributed by atoms with van der Waals surface area (Å²) in [6.45, 7) is 0.655. The molecule has 88 valence electrons. The fraction of sp³-hybridized carbons (Fsp3) is 0.583. The smallest absolute Gasteiger partial charge is 0.160 e. The Morgan fingerprint density at radius 1 is 1.56 bits per heavy atom. The van der Waals surface area contributed by atoms with E-state index in [9.17, 15) is 9.90 Å². The molecule has 0 amide bonds. The largest absolute Gasteiger partial charge is 0.388 e. The number of anilines is 1. The summed E-state index contributed by atoms with van der Waals surface area (Å²) in [5.41, 5.74) is 0.491. The molecule has 1 heterocycles. The summed E-state index contributed by atoms with van der Waals surface area (Å²) in [6.07, 6.45) is 4.89. The molecule has 0 unspecified atom stereocenters. The van der Waals surface area contributed by atoms with Crippen molar-refractivity contribution in [1.82, 2.24) is 0 Å². The maximum Gasteiger partial charge on any atom is 0.160 e. The number of rotatable bonds is 4. The molecule has 16 heavy (non-hydrogen) atoms. The molecule has 4 heteroatoms. The minimum absolute atomic E-state index is 0.530. The lowest BCUT2D eigenvalue weighted by atomic mass is 10.0. The average Bonchev–Trinajstić information content (AvgIpc) is 2.86. The van der Waals surface area contributed by atoms with E-state index in [4.69, 9.17) is 0 Å². The number of hydrogen-bond acceptors (Lipinski definition) is 4. The first-order valence-electron chi connectivity index (χ1n) is 5.60. The molecule has 0 saturated heterocycles. The molecule has 1 aromatic rings. The third kappa shape index (κ3) is 2.44. The van der Waals surface area contributed by atoms with Gasteiger partial charge in [0.1, 0.15) is 0 Å². The second kappa shape index (κ2) is 4.55. The minimum atomic E-state index is -0.530. The van der Waals surface area contributed by atoms with Crippen molar-refractivity contribution in [2.45, 2.75) is 31.3 Å². The number of likely N-dealkylation sites (N-methyl/N-ethyl adjacent to an activating group) is 1. The first kappa shape index (κ1) is 11.6. The van der Waals surface area contributed by atoms with Gasteiger partial charge in [-0.25, -0.2) is 0 Å². The van der Waals surface area contributed by atoms with Crippen LogP contribution in [0.4, 0.5) is 5.69 Å². The Morgan fingerprint density at radius 3 is 2.81 bits per heavy atom. The molecule has 3 nitrogen and oxygen atoms in total. The molecule has 1 aliphatic carbocycles. The lowest BCUT2D eigenvalue weighted by Gasteiger charge is -2.29. The third-order valence-electron chi connectivity index (χ3n) is 3.23. The highest BCUT2D eigenvalue weighted by molar-refractivity contribution is 7.12. The van der Waals surface area contributed by atoms with Gasteiger partial charge in [-0.1, -0.05) is 12.8 Å². The summed E-state index contributed by atoms with van der Waals surface area (Å²) in [6, 6.07) is 1.87. The summed E-state index contributed by atoms with van der Waals surface area (Å²) >= 11 is 1.44. The Bertz CT molecular complexity index is 369. The predicted octanol–water partition coefficient (Wildman–Crippen LogP) is 2.30. The van der Waals surface area contributed by atoms with Crippen LogP contribution in [0, 0.1) is 0 Å². The fourth-order valence-electron chi connectivity index (χ4n) is 2.33. The number of thiophene rings is 1. The maximum atomic E-state index is 10.6. The van der Waals surface area contributed by atoms with Crippen LogP contribution in [-0.2, 0) is 0 Å². The Morgan fingerprint density at radius 2 is 2.25 bits per heavy atom. The van der Waals surface area contributed by atoms with Gasteiger partial charge in [0.25, 0.3) is 0 Å². The van der Waals surface area contributed by atoms with Crippen molar-refractivity contribution in [2.75, 3.05) is 18.5 Å². The normalized spacial score (nSPS) is 18.6. The molecule has 0 aliphatic heterocycles. The van der Waals surface area contributed by atoms with E-state index in [-0.39, 0.29) is 0 Å². The van der Waals surface area contributed by atoms with Gasteiger partial charge in [-0.15, -0.1) is 11.3 Å². The zero-order chi connectivity index (χ0) is 11.6. The van der Waals surface area contributed by atoms with Crippen LogP contribution in [0.3, 0.4) is 0 Å². The van der Waals surface area contributed by atoms with Crippen LogP contribution < -0.4 is 4.90 Å². The molecule has 1 saturated carbocycles. The summed E-state index contributed by atoms with van der Waals surface area (Å²) in [7, 11) is 1.97. The topological polar surface area (TPSA) is 40.5 Å². The molecule has 0 atom stereocenters. The van der Waals surface area contributed by atoms with E-state index < -0.39 is 5.60 Å². The van der Waals surface area contributed by atoms with E-state index in [2.05, 4.69) is 0 Å². The van der Waals surface area contributed by atoms with Crippen molar-refractivity contribution in [1.29, 1.82) is 0 Å². The van der Waals surface area contributed by atoms with Gasteiger partial charge in [0.05, 0.1) is 10.5 Å². The van der Waals surface area contributed by atoms with Crippen molar-refractivity contribution >= 4 is 23.3 Å². The lowest BCUT2D eigenvalue weighted by molar-refractivity contribution is 0.0559. The van der Waals surface area contributed by atoms with Crippen LogP contribution in [-0.4, -0.2) is 30.6 Å². The molecule has 1 aromatic heterocycles. The van der Waals surface area contributed by atoms with Gasteiger partial charge >= 0.3 is 0 Å². The van der Waals surface area contributed by atoms with E-state index in [1.807, 2.05) is 23.4 Å². The molecule has 2 rings (SSSR count). The van der Waals surface area contributed by atoms with Crippen LogP contribution in [0.5, 0.6) is 0 Å². The number of hydrogen-bond donors (Lipinski definition) is 1. The molecule has 0 aromatic carbocycles. The molecule has 0 bridgehead atoms. The van der Waals surface area contributed by atoms with Gasteiger partial charge in [-0.05, 0) is 18.9 Å². The van der Waals surface area contributed by atoms with Crippen molar-refractivity contribution < 1.29 is 9.90 Å². The van der Waals surface area contributed by atoms with Crippen molar-refractivity contribution in [3.8, 4) is 0 Å². The maximum absolute atomic E-state index is 10.6. The molecule has 1 aliphatic rings. The first-order chi connectivity index (χ1) is 7.63. The second-order valence-electron chi connectivity index (χ2n) is 4.61. The van der Waals surface area contributed by atoms with Gasteiger partial charge in [-0.3, -0.25) is 4.79 Å². The van der Waals surface area contributed by atoms with E-state index >= 15 is 0 Å². The average molecular weight is 239 g/mol. The number of aldehydes is 1. The predicted molar refractivity (Wildman–Crippen MR) is 66.4 cm³/mol. The summed E-state index contributed by atoms with van der Waals surface area (Å²) in [5.74, 6) is 0. The van der Waals surface area contributed by atoms with Gasteiger partial charge in [0.15, 0.2) is 6.29 Å². The Labute approximate surface area is 99.7 Å². The van der Waals surface area contributed by atoms with Crippen LogP contribution >= 0.6 is 11.3 Å². The van der Waals surface area contributed by atoms with E-state index in [1.54, 1.807) is 0 Å². The second-order valence-corrected chi connectivity index (χ2v) is 5.56. The molecule has 1 fully saturated rings. The fourth-order valence-corrected chi connectivity index (χ4v) is 3.08. The van der Waals surface area contributed by atoms with E-state index in [0.29, 0.717) is 6.54 Å². The van der Waals surface area contributed by atoms with E-state index in [1.165, 1.54) is 11.3 Å². The van der Waals surface area contributed by atoms with Gasteiger partial charge in [-0.2, -0.15) is 0 Å². The van der Waals surface area contributed by atoms with Crippen LogP contribution in [0.1, 0.15) is 35.4 Å². The number of nitrogens with zero attached hydrogens (tertiary/aromatic N) is 1. The van der Waals surface area contributed by atoms with E-state index in [0.717, 1.165) is 42.5 Å². The van der Waals surface area contributed by atoms with Gasteiger partial charge < -0.3 is 10.0 Å². The standard InChI is InChI=1S/C12H17NO2S/c1-13(9-12(15)4-2-3-5-12)10-6-11(7-14)16-8-10/h6-8,15H,2-5,9H2,1H3. The van der Waals surface area contributed by atoms with Crippen LogP contribution in [0.25, 0.3) is 0 Å². The Kier molecular flexibility index (Phi) is 3.30. The highest BCUT2D eigenvalue weighted by Gasteiger charge is 2.32. The number of carbonyl (C=O) groups is 1. The summed E-state index contributed by atoms with van der Waals surface area (Å²) in [4.78, 5) is 13.4. The number of carbonyl (C=O) groups excluding carboxylic acids is 1. The monoisotopic (exact) mass is 239 g/mol. The summed E-state index contributed by atoms with van der Waals surface area (Å²) in [5, 5.41) is 12.2. The highest BCUT2D eigenvalue weighted by atomic mass is 32.1. The first-order valence-corrected chi connectivity index (χ1v) is 6.48. The number of aliphatic hydroxyl groups is 1. The highest BCUT2D eigenvalue weighted by Crippen LogP contribution is 2.31. The third-order valence-corrected chi connectivity index (χ3v) is 4.07. The Hall–Kier alpha value is -0.870. The van der Waals surface area contributed by atoms with Crippen LogP contribution in [0.15, 0.2) is 11.4 Å². The van der Waals surface area contributed by atoms with Crippen molar-refractivity contribution in [3.05, 3.63) is 16.3 Å². The molecular weight excluding hydrogens is 222 g/mol. The zero-order valence-corrected chi connectivity index (χ0v) is 10.3. The lowest BCUT2D eigenvalue weighted by Crippen LogP contribution is -2.39. The quantitative estimate of drug-likeness (QED) is 0.820. The Balaban J connectivity index is 2.01. The minimum Gasteiger partial charge on any atom is -0.388 e. The van der Waals surface area contributed by atoms with Crippen LogP contribution in [0.2, 0.25) is 0 Å². The van der Waals surface area contributed by atoms with Crippen molar-refractivity contribution in [2.24, 2.45) is 0 Å². The molecule has 1 N–H and O–H groups in total. The van der Waals surface area contributed by atoms with Gasteiger partial charge in [0, 0.05) is 24.7 Å². The summed E-state index contributed by atoms with van der Waals surface area (Å²) < 4.78 is 0. The van der Waals surface area contributed by atoms with Gasteiger partial charge in [0.2, 0.25) is 0 Å². The molecule has 0 radical (unpaired) electrons. The SMILES string of the molecule is CN(CC1(O)CCCC1)c1csc(C=O)c1. The zero-order valence-electron chi connectivity index (χ0n) is 9.48. The molecule has 0 spiro atoms. The van der Waals surface area contributed by atoms with Crippen molar-refractivity contribution in [3.63, 3.8) is 0 Å². The molecular formula is C12H17NO2S.